The molecule has 0 radical (unpaired) electrons. The zero-order chi connectivity index (χ0) is 22.2. The number of fused-ring (bicyclic) bond motifs is 1. The molecule has 0 aliphatic carbocycles. The number of nitrogens with one attached hydrogen (secondary N) is 2. The summed E-state index contributed by atoms with van der Waals surface area (Å²) in [5.41, 5.74) is 1.93. The van der Waals surface area contributed by atoms with Gasteiger partial charge in [-0.25, -0.2) is 4.98 Å². The highest BCUT2D eigenvalue weighted by Crippen LogP contribution is 2.09. The Labute approximate surface area is 188 Å². The average Bonchev–Trinajstić information content (AvgIpc) is 2.81. The lowest BCUT2D eigenvalue weighted by molar-refractivity contribution is -0.121. The molecule has 0 unspecified atom stereocenters. The maximum Gasteiger partial charge on any atom is 0.258 e. The van der Waals surface area contributed by atoms with Gasteiger partial charge in [-0.3, -0.25) is 19.4 Å². The van der Waals surface area contributed by atoms with Crippen LogP contribution in [0, 0.1) is 0 Å². The van der Waals surface area contributed by atoms with E-state index in [9.17, 15) is 9.59 Å². The van der Waals surface area contributed by atoms with Gasteiger partial charge in [0.05, 0.1) is 10.9 Å². The molecule has 7 nitrogen and oxygen atoms in total. The monoisotopic (exact) mass is 433 g/mol. The number of piperazine rings is 1. The first-order valence-electron chi connectivity index (χ1n) is 11.4. The molecule has 0 spiro atoms. The van der Waals surface area contributed by atoms with E-state index in [0.29, 0.717) is 42.5 Å². The number of hydrogen-bond donors (Lipinski definition) is 2. The van der Waals surface area contributed by atoms with Gasteiger partial charge < -0.3 is 10.3 Å². The molecule has 4 rings (SSSR count). The van der Waals surface area contributed by atoms with Gasteiger partial charge in [0.2, 0.25) is 5.91 Å². The van der Waals surface area contributed by atoms with Crippen molar-refractivity contribution in [2.45, 2.75) is 25.8 Å². The minimum Gasteiger partial charge on any atom is -0.355 e. The van der Waals surface area contributed by atoms with Gasteiger partial charge in [-0.2, -0.15) is 0 Å². The Balaban J connectivity index is 1.11. The van der Waals surface area contributed by atoms with Crippen molar-refractivity contribution in [1.82, 2.24) is 25.1 Å². The Kier molecular flexibility index (Phi) is 7.64. The van der Waals surface area contributed by atoms with Gasteiger partial charge in [-0.15, -0.1) is 0 Å². The van der Waals surface area contributed by atoms with E-state index in [4.69, 9.17) is 0 Å². The summed E-state index contributed by atoms with van der Waals surface area (Å²) in [5.74, 6) is 0.686. The predicted molar refractivity (Wildman–Crippen MR) is 126 cm³/mol. The first-order valence-corrected chi connectivity index (χ1v) is 11.4. The number of nitrogens with zero attached hydrogens (tertiary/aromatic N) is 3. The summed E-state index contributed by atoms with van der Waals surface area (Å²) in [6.07, 6.45) is 1.67. The third-order valence-electron chi connectivity index (χ3n) is 5.94. The molecular weight excluding hydrogens is 402 g/mol. The van der Waals surface area contributed by atoms with Crippen LogP contribution in [0.5, 0.6) is 0 Å². The average molecular weight is 434 g/mol. The SMILES string of the molecule is O=C(CCCc1nc2ccccc2c(=O)[nH]1)NCCN1CCN(Cc2ccccc2)CC1. The Morgan fingerprint density at radius 1 is 0.969 bits per heavy atom. The van der Waals surface area contributed by atoms with Crippen molar-refractivity contribution in [1.29, 1.82) is 0 Å². The van der Waals surface area contributed by atoms with Crippen LogP contribution in [0.4, 0.5) is 0 Å². The van der Waals surface area contributed by atoms with Crippen LogP contribution >= 0.6 is 0 Å². The molecule has 168 valence electrons. The second kappa shape index (κ2) is 11.0. The van der Waals surface area contributed by atoms with Gasteiger partial charge in [-0.1, -0.05) is 42.5 Å². The Morgan fingerprint density at radius 3 is 2.50 bits per heavy atom. The molecule has 7 heteroatoms. The highest BCUT2D eigenvalue weighted by Gasteiger charge is 2.16. The van der Waals surface area contributed by atoms with Crippen molar-refractivity contribution in [3.63, 3.8) is 0 Å². The fourth-order valence-electron chi connectivity index (χ4n) is 4.12. The molecule has 2 aromatic carbocycles. The van der Waals surface area contributed by atoms with Crippen LogP contribution in [0.1, 0.15) is 24.2 Å². The summed E-state index contributed by atoms with van der Waals surface area (Å²) in [6.45, 7) is 6.72. The molecule has 1 aliphatic heterocycles. The number of para-hydroxylation sites is 1. The molecule has 3 aromatic rings. The van der Waals surface area contributed by atoms with Crippen LogP contribution in [0.3, 0.4) is 0 Å². The first-order chi connectivity index (χ1) is 15.7. The molecule has 0 bridgehead atoms. The molecule has 2 N–H and O–H groups in total. The number of carbonyl (C=O) groups is 1. The number of amides is 1. The van der Waals surface area contributed by atoms with Gasteiger partial charge in [-0.05, 0) is 24.1 Å². The number of carbonyl (C=O) groups excluding carboxylic acids is 1. The third kappa shape index (κ3) is 6.24. The normalized spacial score (nSPS) is 15.1. The van der Waals surface area contributed by atoms with Crippen LogP contribution in [-0.2, 0) is 17.8 Å². The van der Waals surface area contributed by atoms with E-state index in [-0.39, 0.29) is 11.5 Å². The van der Waals surface area contributed by atoms with E-state index in [1.165, 1.54) is 5.56 Å². The van der Waals surface area contributed by atoms with E-state index in [0.717, 1.165) is 39.3 Å². The zero-order valence-corrected chi connectivity index (χ0v) is 18.4. The number of aromatic nitrogens is 2. The predicted octanol–water partition coefficient (Wildman–Crippen LogP) is 2.18. The summed E-state index contributed by atoms with van der Waals surface area (Å²) in [4.78, 5) is 36.5. The van der Waals surface area contributed by atoms with Crippen molar-refractivity contribution in [3.8, 4) is 0 Å². The summed E-state index contributed by atoms with van der Waals surface area (Å²) in [5, 5.41) is 3.61. The molecule has 1 fully saturated rings. The number of benzene rings is 2. The summed E-state index contributed by atoms with van der Waals surface area (Å²) >= 11 is 0. The van der Waals surface area contributed by atoms with E-state index < -0.39 is 0 Å². The molecule has 0 atom stereocenters. The van der Waals surface area contributed by atoms with Crippen molar-refractivity contribution in [2.75, 3.05) is 39.3 Å². The molecule has 1 aromatic heterocycles. The van der Waals surface area contributed by atoms with Gasteiger partial charge in [0.15, 0.2) is 0 Å². The first kappa shape index (κ1) is 22.2. The van der Waals surface area contributed by atoms with Crippen molar-refractivity contribution in [3.05, 3.63) is 76.3 Å². The Hall–Kier alpha value is -3.03. The quantitative estimate of drug-likeness (QED) is 0.541. The lowest BCUT2D eigenvalue weighted by Crippen LogP contribution is -2.48. The van der Waals surface area contributed by atoms with Crippen LogP contribution in [0.15, 0.2) is 59.4 Å². The van der Waals surface area contributed by atoms with Gasteiger partial charge in [0, 0.05) is 58.7 Å². The number of H-pyrrole nitrogens is 1. The van der Waals surface area contributed by atoms with E-state index >= 15 is 0 Å². The topological polar surface area (TPSA) is 81.3 Å². The summed E-state index contributed by atoms with van der Waals surface area (Å²) in [7, 11) is 0. The minimum atomic E-state index is -0.126. The minimum absolute atomic E-state index is 0.0517. The number of rotatable bonds is 9. The zero-order valence-electron chi connectivity index (χ0n) is 18.4. The second-order valence-corrected chi connectivity index (χ2v) is 8.34. The highest BCUT2D eigenvalue weighted by atomic mass is 16.1. The van der Waals surface area contributed by atoms with Crippen molar-refractivity contribution < 1.29 is 4.79 Å². The lowest BCUT2D eigenvalue weighted by Gasteiger charge is -2.34. The van der Waals surface area contributed by atoms with Crippen molar-refractivity contribution in [2.24, 2.45) is 0 Å². The maximum absolute atomic E-state index is 12.2. The van der Waals surface area contributed by atoms with Crippen LogP contribution < -0.4 is 10.9 Å². The van der Waals surface area contributed by atoms with E-state index in [1.54, 1.807) is 6.07 Å². The summed E-state index contributed by atoms with van der Waals surface area (Å²) < 4.78 is 0. The van der Waals surface area contributed by atoms with Gasteiger partial charge in [0.1, 0.15) is 5.82 Å². The molecule has 32 heavy (non-hydrogen) atoms. The van der Waals surface area contributed by atoms with E-state index in [1.807, 2.05) is 18.2 Å². The van der Waals surface area contributed by atoms with Gasteiger partial charge in [0.25, 0.3) is 5.56 Å². The van der Waals surface area contributed by atoms with Crippen LogP contribution in [-0.4, -0.2) is 64.9 Å². The highest BCUT2D eigenvalue weighted by molar-refractivity contribution is 5.77. The molecule has 1 amide bonds. The molecule has 0 saturated carbocycles. The fourth-order valence-corrected chi connectivity index (χ4v) is 4.12. The molecular formula is C25H31N5O2. The summed E-state index contributed by atoms with van der Waals surface area (Å²) in [6, 6.07) is 17.9. The number of hydrogen-bond acceptors (Lipinski definition) is 5. The number of aryl methyl sites for hydroxylation is 1. The molecule has 1 saturated heterocycles. The second-order valence-electron chi connectivity index (χ2n) is 8.34. The maximum atomic E-state index is 12.2. The molecule has 2 heterocycles. The third-order valence-corrected chi connectivity index (χ3v) is 5.94. The van der Waals surface area contributed by atoms with Crippen molar-refractivity contribution >= 4 is 16.8 Å². The van der Waals surface area contributed by atoms with E-state index in [2.05, 4.69) is 55.4 Å². The largest absolute Gasteiger partial charge is 0.355 e. The van der Waals surface area contributed by atoms with Crippen LogP contribution in [0.2, 0.25) is 0 Å². The number of aromatic amines is 1. The Morgan fingerprint density at radius 2 is 1.69 bits per heavy atom. The molecule has 1 aliphatic rings. The smallest absolute Gasteiger partial charge is 0.258 e. The fraction of sp³-hybridized carbons (Fsp3) is 0.400. The lowest BCUT2D eigenvalue weighted by atomic mass is 10.2. The van der Waals surface area contributed by atoms with Gasteiger partial charge >= 0.3 is 0 Å². The Bertz CT molecular complexity index is 1070. The van der Waals surface area contributed by atoms with Crippen LogP contribution in [0.25, 0.3) is 10.9 Å². The standard InChI is InChI=1S/C25H31N5O2/c31-24(12-6-11-23-27-22-10-5-4-9-21(22)25(32)28-23)26-13-14-29-15-17-30(18-16-29)19-20-7-2-1-3-8-20/h1-5,7-10H,6,11-19H2,(H,26,31)(H,27,28,32).